The van der Waals surface area contributed by atoms with E-state index in [-0.39, 0.29) is 0 Å². The minimum Gasteiger partial charge on any atom is -0.322 e. The number of alkyl halides is 1. The summed E-state index contributed by atoms with van der Waals surface area (Å²) in [6.07, 6.45) is 0. The van der Waals surface area contributed by atoms with Crippen LogP contribution in [0.5, 0.6) is 0 Å². The molecule has 0 aliphatic rings. The zero-order valence-corrected chi connectivity index (χ0v) is 6.55. The van der Waals surface area contributed by atoms with Gasteiger partial charge in [-0.15, -0.1) is 0 Å². The molecule has 60 valence electrons. The molecule has 0 radical (unpaired) electrons. The van der Waals surface area contributed by atoms with E-state index in [9.17, 15) is 4.39 Å². The minimum absolute atomic E-state index is 0.462. The fraction of sp³-hybridized carbons (Fsp3) is 0.333. The van der Waals surface area contributed by atoms with Gasteiger partial charge in [-0.05, 0) is 12.5 Å². The second-order valence-electron chi connectivity index (χ2n) is 2.67. The third kappa shape index (κ3) is 2.02. The van der Waals surface area contributed by atoms with Gasteiger partial charge in [-0.2, -0.15) is 0 Å². The van der Waals surface area contributed by atoms with E-state index in [0.717, 1.165) is 5.56 Å². The van der Waals surface area contributed by atoms with Gasteiger partial charge in [0.1, 0.15) is 6.67 Å². The average Bonchev–Trinajstić information content (AvgIpc) is 2.05. The maximum Gasteiger partial charge on any atom is 0.109 e. The largest absolute Gasteiger partial charge is 0.322 e. The quantitative estimate of drug-likeness (QED) is 0.690. The van der Waals surface area contributed by atoms with Gasteiger partial charge in [0, 0.05) is 0 Å². The summed E-state index contributed by atoms with van der Waals surface area (Å²) in [6.45, 7) is 1.49. The normalized spacial score (nSPS) is 13.0. The van der Waals surface area contributed by atoms with E-state index in [2.05, 4.69) is 0 Å². The second-order valence-corrected chi connectivity index (χ2v) is 2.67. The van der Waals surface area contributed by atoms with E-state index in [1.165, 1.54) is 5.56 Å². The summed E-state index contributed by atoms with van der Waals surface area (Å²) in [5.41, 5.74) is 7.50. The molecule has 1 aromatic carbocycles. The van der Waals surface area contributed by atoms with Crippen molar-refractivity contribution in [3.05, 3.63) is 35.4 Å². The van der Waals surface area contributed by atoms with Crippen LogP contribution in [-0.4, -0.2) is 6.67 Å². The Kier molecular flexibility index (Phi) is 2.60. The molecule has 2 heteroatoms. The molecule has 11 heavy (non-hydrogen) atoms. The molecular weight excluding hydrogens is 141 g/mol. The van der Waals surface area contributed by atoms with E-state index < -0.39 is 12.7 Å². The van der Waals surface area contributed by atoms with Crippen LogP contribution in [0.3, 0.4) is 0 Å². The Morgan fingerprint density at radius 2 is 1.91 bits per heavy atom. The maximum absolute atomic E-state index is 12.0. The van der Waals surface area contributed by atoms with Crippen LogP contribution in [0.2, 0.25) is 0 Å². The lowest BCUT2D eigenvalue weighted by Gasteiger charge is -2.06. The minimum atomic E-state index is -0.497. The molecule has 2 N–H and O–H groups in total. The van der Waals surface area contributed by atoms with Crippen molar-refractivity contribution >= 4 is 0 Å². The summed E-state index contributed by atoms with van der Waals surface area (Å²) in [5.74, 6) is 0. The van der Waals surface area contributed by atoms with Crippen LogP contribution >= 0.6 is 0 Å². The SMILES string of the molecule is Cc1ccc([C@@H](N)CF)cc1. The maximum atomic E-state index is 12.0. The average molecular weight is 153 g/mol. The van der Waals surface area contributed by atoms with E-state index >= 15 is 0 Å². The van der Waals surface area contributed by atoms with Gasteiger partial charge in [0.05, 0.1) is 6.04 Å². The van der Waals surface area contributed by atoms with Crippen molar-refractivity contribution in [3.8, 4) is 0 Å². The van der Waals surface area contributed by atoms with Gasteiger partial charge in [-0.1, -0.05) is 29.8 Å². The summed E-state index contributed by atoms with van der Waals surface area (Å²) >= 11 is 0. The highest BCUT2D eigenvalue weighted by atomic mass is 19.1. The van der Waals surface area contributed by atoms with E-state index in [1.54, 1.807) is 0 Å². The molecule has 0 unspecified atom stereocenters. The fourth-order valence-electron chi connectivity index (χ4n) is 0.903. The summed E-state index contributed by atoms with van der Waals surface area (Å²) in [5, 5.41) is 0. The van der Waals surface area contributed by atoms with Crippen LogP contribution in [-0.2, 0) is 0 Å². The van der Waals surface area contributed by atoms with Crippen molar-refractivity contribution in [2.75, 3.05) is 6.67 Å². The van der Waals surface area contributed by atoms with Crippen LogP contribution in [0.1, 0.15) is 17.2 Å². The summed E-state index contributed by atoms with van der Waals surface area (Å²) in [7, 11) is 0. The number of halogens is 1. The van der Waals surface area contributed by atoms with Crippen LogP contribution in [0.4, 0.5) is 4.39 Å². The van der Waals surface area contributed by atoms with Gasteiger partial charge in [0.2, 0.25) is 0 Å². The van der Waals surface area contributed by atoms with Gasteiger partial charge >= 0.3 is 0 Å². The first-order valence-corrected chi connectivity index (χ1v) is 3.62. The zero-order valence-electron chi connectivity index (χ0n) is 6.55. The van der Waals surface area contributed by atoms with Crippen LogP contribution in [0, 0.1) is 6.92 Å². The number of benzene rings is 1. The molecule has 1 nitrogen and oxygen atoms in total. The third-order valence-corrected chi connectivity index (χ3v) is 1.67. The van der Waals surface area contributed by atoms with Gasteiger partial charge < -0.3 is 5.73 Å². The van der Waals surface area contributed by atoms with Crippen molar-refractivity contribution < 1.29 is 4.39 Å². The first-order chi connectivity index (χ1) is 5.24. The number of hydrogen-bond acceptors (Lipinski definition) is 1. The Labute approximate surface area is 66.0 Å². The van der Waals surface area contributed by atoms with Crippen molar-refractivity contribution in [3.63, 3.8) is 0 Å². The standard InChI is InChI=1S/C9H12FN/c1-7-2-4-8(5-3-7)9(11)6-10/h2-5,9H,6,11H2,1H3/t9-/m0/s1. The molecule has 0 fully saturated rings. The highest BCUT2D eigenvalue weighted by Gasteiger charge is 2.02. The van der Waals surface area contributed by atoms with Crippen molar-refractivity contribution in [1.82, 2.24) is 0 Å². The van der Waals surface area contributed by atoms with Crippen molar-refractivity contribution in [2.24, 2.45) is 5.73 Å². The predicted molar refractivity (Wildman–Crippen MR) is 44.1 cm³/mol. The second kappa shape index (κ2) is 3.49. The van der Waals surface area contributed by atoms with Crippen LogP contribution in [0.15, 0.2) is 24.3 Å². The van der Waals surface area contributed by atoms with Crippen molar-refractivity contribution in [2.45, 2.75) is 13.0 Å². The molecule has 0 spiro atoms. The van der Waals surface area contributed by atoms with E-state index in [4.69, 9.17) is 5.73 Å². The predicted octanol–water partition coefficient (Wildman–Crippen LogP) is 1.96. The van der Waals surface area contributed by atoms with Crippen molar-refractivity contribution in [1.29, 1.82) is 0 Å². The molecule has 0 bridgehead atoms. The van der Waals surface area contributed by atoms with E-state index in [0.29, 0.717) is 0 Å². The summed E-state index contributed by atoms with van der Waals surface area (Å²) in [6, 6.07) is 7.13. The number of nitrogens with two attached hydrogens (primary N) is 1. The molecule has 0 heterocycles. The van der Waals surface area contributed by atoms with Gasteiger partial charge in [0.25, 0.3) is 0 Å². The lowest BCUT2D eigenvalue weighted by atomic mass is 10.1. The molecule has 1 aromatic rings. The van der Waals surface area contributed by atoms with Gasteiger partial charge in [0.15, 0.2) is 0 Å². The first kappa shape index (κ1) is 8.21. The lowest BCUT2D eigenvalue weighted by Crippen LogP contribution is -2.11. The molecule has 0 saturated heterocycles. The molecule has 0 aliphatic heterocycles. The number of aryl methyl sites for hydroxylation is 1. The molecule has 0 amide bonds. The Balaban J connectivity index is 2.81. The van der Waals surface area contributed by atoms with Crippen LogP contribution < -0.4 is 5.73 Å². The Bertz CT molecular complexity index is 218. The molecular formula is C9H12FN. The number of rotatable bonds is 2. The molecule has 1 atom stereocenters. The first-order valence-electron chi connectivity index (χ1n) is 3.62. The summed E-state index contributed by atoms with van der Waals surface area (Å²) in [4.78, 5) is 0. The molecule has 1 rings (SSSR count). The Morgan fingerprint density at radius 3 is 2.36 bits per heavy atom. The molecule has 0 aliphatic carbocycles. The Hall–Kier alpha value is -0.890. The molecule has 0 aromatic heterocycles. The summed E-state index contributed by atoms with van der Waals surface area (Å²) < 4.78 is 12.0. The van der Waals surface area contributed by atoms with Gasteiger partial charge in [-0.25, -0.2) is 4.39 Å². The topological polar surface area (TPSA) is 26.0 Å². The highest BCUT2D eigenvalue weighted by molar-refractivity contribution is 5.23. The lowest BCUT2D eigenvalue weighted by molar-refractivity contribution is 0.437. The third-order valence-electron chi connectivity index (χ3n) is 1.67. The number of hydrogen-bond donors (Lipinski definition) is 1. The van der Waals surface area contributed by atoms with E-state index in [1.807, 2.05) is 31.2 Å². The monoisotopic (exact) mass is 153 g/mol. The fourth-order valence-corrected chi connectivity index (χ4v) is 0.903. The van der Waals surface area contributed by atoms with Crippen LogP contribution in [0.25, 0.3) is 0 Å². The zero-order chi connectivity index (χ0) is 8.27. The van der Waals surface area contributed by atoms with Gasteiger partial charge in [-0.3, -0.25) is 0 Å². The highest BCUT2D eigenvalue weighted by Crippen LogP contribution is 2.10. The smallest absolute Gasteiger partial charge is 0.109 e. The molecule has 0 saturated carbocycles. The Morgan fingerprint density at radius 1 is 1.36 bits per heavy atom.